The van der Waals surface area contributed by atoms with Crippen LogP contribution in [0, 0.1) is 0 Å². The highest BCUT2D eigenvalue weighted by molar-refractivity contribution is 5.93. The molecule has 1 heterocycles. The summed E-state index contributed by atoms with van der Waals surface area (Å²) in [4.78, 5) is 21.9. The predicted molar refractivity (Wildman–Crippen MR) is 38.0 cm³/mol. The van der Waals surface area contributed by atoms with Crippen LogP contribution in [0.4, 0.5) is 0 Å². The van der Waals surface area contributed by atoms with Crippen LogP contribution in [0.2, 0.25) is 0 Å². The molecule has 1 aliphatic heterocycles. The lowest BCUT2D eigenvalue weighted by Gasteiger charge is -2.31. The number of hydrogen-bond acceptors (Lipinski definition) is 4. The Morgan fingerprint density at radius 2 is 1.92 bits per heavy atom. The van der Waals surface area contributed by atoms with E-state index in [2.05, 4.69) is 0 Å². The first-order valence-electron chi connectivity index (χ1n) is 4.56. The van der Waals surface area contributed by atoms with Crippen molar-refractivity contribution in [1.82, 2.24) is 0 Å². The van der Waals surface area contributed by atoms with Crippen molar-refractivity contribution >= 4 is 11.9 Å². The van der Waals surface area contributed by atoms with E-state index in [9.17, 15) is 9.59 Å². The Morgan fingerprint density at radius 3 is 2.42 bits per heavy atom. The zero-order valence-electron chi connectivity index (χ0n) is 7.54. The monoisotopic (exact) mass is 171 g/mol. The molecule has 0 radical (unpaired) electrons. The Bertz CT molecular complexity index is 247. The summed E-state index contributed by atoms with van der Waals surface area (Å²) in [6, 6.07) is 0. The van der Waals surface area contributed by atoms with E-state index in [0.29, 0.717) is 12.8 Å². The van der Waals surface area contributed by atoms with E-state index in [1.165, 1.54) is 0 Å². The molecule has 1 aliphatic carbocycles. The van der Waals surface area contributed by atoms with Crippen molar-refractivity contribution in [3.63, 3.8) is 0 Å². The number of carbonyl (C=O) groups excluding carboxylic acids is 2. The van der Waals surface area contributed by atoms with E-state index in [1.807, 2.05) is 0 Å². The molecule has 1 unspecified atom stereocenters. The van der Waals surface area contributed by atoms with E-state index in [-0.39, 0.29) is 6.42 Å². The van der Waals surface area contributed by atoms with Gasteiger partial charge in [-0.15, -0.1) is 0 Å². The van der Waals surface area contributed by atoms with E-state index in [4.69, 9.17) is 10.8 Å². The normalized spacial score (nSPS) is 34.3. The summed E-state index contributed by atoms with van der Waals surface area (Å²) in [7, 11) is 0. The Kier molecular flexibility index (Phi) is 1.33. The van der Waals surface area contributed by atoms with Gasteiger partial charge in [-0.2, -0.15) is 0 Å². The van der Waals surface area contributed by atoms with Crippen LogP contribution in [0.15, 0.2) is 0 Å². The molecule has 0 aromatic rings. The molecular formula is C8H10O4. The van der Waals surface area contributed by atoms with Crippen molar-refractivity contribution in [2.75, 3.05) is 0 Å². The molecular weight excluding hydrogens is 160 g/mol. The molecule has 0 aromatic carbocycles. The van der Waals surface area contributed by atoms with Crippen molar-refractivity contribution in [1.29, 1.82) is 0 Å². The molecule has 1 saturated heterocycles. The molecule has 66 valence electrons. The van der Waals surface area contributed by atoms with Crippen LogP contribution >= 0.6 is 0 Å². The van der Waals surface area contributed by atoms with Crippen LogP contribution < -0.4 is 0 Å². The lowest BCUT2D eigenvalue weighted by molar-refractivity contribution is -0.241. The number of carbonyl (C=O) groups is 2. The Morgan fingerprint density at radius 1 is 1.25 bits per heavy atom. The Labute approximate surface area is 71.2 Å². The SMILES string of the molecule is [2H]C1CCCC12OC(=O)CC(=O)O2. The first-order valence-corrected chi connectivity index (χ1v) is 3.98. The van der Waals surface area contributed by atoms with Gasteiger partial charge in [-0.05, 0) is 12.8 Å². The molecule has 1 saturated carbocycles. The Balaban J connectivity index is 2.21. The van der Waals surface area contributed by atoms with E-state index < -0.39 is 24.1 Å². The molecule has 1 atom stereocenters. The molecule has 2 aliphatic rings. The molecule has 12 heavy (non-hydrogen) atoms. The fraction of sp³-hybridized carbons (Fsp3) is 0.750. The minimum atomic E-state index is -1.26. The molecule has 0 N–H and O–H groups in total. The number of ether oxygens (including phenoxy) is 2. The van der Waals surface area contributed by atoms with Crippen LogP contribution in [0.3, 0.4) is 0 Å². The summed E-state index contributed by atoms with van der Waals surface area (Å²) in [5.41, 5.74) is 0. The summed E-state index contributed by atoms with van der Waals surface area (Å²) in [6.45, 7) is 0. The maximum Gasteiger partial charge on any atom is 0.320 e. The summed E-state index contributed by atoms with van der Waals surface area (Å²) >= 11 is 0. The molecule has 0 bridgehead atoms. The van der Waals surface area contributed by atoms with Gasteiger partial charge in [0, 0.05) is 14.2 Å². The third-order valence-corrected chi connectivity index (χ3v) is 2.05. The molecule has 2 rings (SSSR count). The summed E-state index contributed by atoms with van der Waals surface area (Å²) in [6.07, 6.45) is 0.878. The van der Waals surface area contributed by atoms with Crippen LogP contribution in [0.25, 0.3) is 0 Å². The van der Waals surface area contributed by atoms with Gasteiger partial charge in [-0.25, -0.2) is 0 Å². The second-order valence-electron chi connectivity index (χ2n) is 3.03. The lowest BCUT2D eigenvalue weighted by atomic mass is 10.2. The second kappa shape index (κ2) is 2.47. The maximum absolute atomic E-state index is 11.0. The summed E-state index contributed by atoms with van der Waals surface area (Å²) in [5, 5.41) is 0. The molecule has 4 nitrogen and oxygen atoms in total. The minimum Gasteiger partial charge on any atom is -0.422 e. The van der Waals surface area contributed by atoms with Gasteiger partial charge in [0.1, 0.15) is 6.42 Å². The molecule has 1 spiro atoms. The van der Waals surface area contributed by atoms with Crippen molar-refractivity contribution < 1.29 is 20.4 Å². The van der Waals surface area contributed by atoms with Crippen molar-refractivity contribution in [2.24, 2.45) is 0 Å². The summed E-state index contributed by atoms with van der Waals surface area (Å²) in [5.74, 6) is -2.40. The van der Waals surface area contributed by atoms with Crippen molar-refractivity contribution in [3.8, 4) is 0 Å². The van der Waals surface area contributed by atoms with E-state index in [1.54, 1.807) is 0 Å². The van der Waals surface area contributed by atoms with Gasteiger partial charge >= 0.3 is 11.9 Å². The molecule has 4 heteroatoms. The van der Waals surface area contributed by atoms with Gasteiger partial charge in [0.05, 0.1) is 0 Å². The van der Waals surface area contributed by atoms with Crippen molar-refractivity contribution in [2.45, 2.75) is 37.9 Å². The first kappa shape index (κ1) is 6.46. The zero-order valence-corrected chi connectivity index (χ0v) is 6.54. The van der Waals surface area contributed by atoms with E-state index in [0.717, 1.165) is 6.42 Å². The van der Waals surface area contributed by atoms with Crippen LogP contribution in [0.1, 0.15) is 33.5 Å². The zero-order chi connectivity index (χ0) is 9.47. The third kappa shape index (κ3) is 1.17. The smallest absolute Gasteiger partial charge is 0.320 e. The third-order valence-electron chi connectivity index (χ3n) is 2.05. The number of rotatable bonds is 0. The van der Waals surface area contributed by atoms with Gasteiger partial charge in [0.15, 0.2) is 0 Å². The minimum absolute atomic E-state index is 0.325. The van der Waals surface area contributed by atoms with Crippen LogP contribution in [-0.4, -0.2) is 17.7 Å². The topological polar surface area (TPSA) is 52.6 Å². The molecule has 0 amide bonds. The molecule has 2 fully saturated rings. The summed E-state index contributed by atoms with van der Waals surface area (Å²) < 4.78 is 17.5. The highest BCUT2D eigenvalue weighted by Gasteiger charge is 2.45. The van der Waals surface area contributed by atoms with E-state index >= 15 is 0 Å². The standard InChI is InChI=1S/C8H10O4/c9-6-5-7(10)12-8(11-6)3-1-2-4-8/h1-5H2/i3D. The highest BCUT2D eigenvalue weighted by Crippen LogP contribution is 2.36. The maximum atomic E-state index is 11.0. The van der Waals surface area contributed by atoms with Gasteiger partial charge in [0.2, 0.25) is 0 Å². The van der Waals surface area contributed by atoms with Gasteiger partial charge in [-0.3, -0.25) is 9.59 Å². The van der Waals surface area contributed by atoms with Gasteiger partial charge in [0.25, 0.3) is 5.79 Å². The highest BCUT2D eigenvalue weighted by atomic mass is 16.7. The van der Waals surface area contributed by atoms with Gasteiger partial charge in [-0.1, -0.05) is 0 Å². The molecule has 0 aromatic heterocycles. The quantitative estimate of drug-likeness (QED) is 0.398. The second-order valence-corrected chi connectivity index (χ2v) is 3.03. The fourth-order valence-electron chi connectivity index (χ4n) is 1.55. The average Bonchev–Trinajstić information content (AvgIpc) is 2.30. The number of hydrogen-bond donors (Lipinski definition) is 0. The number of esters is 2. The predicted octanol–water partition coefficient (Wildman–Crippen LogP) is 0.747. The average molecular weight is 171 g/mol. The largest absolute Gasteiger partial charge is 0.422 e. The fourth-order valence-corrected chi connectivity index (χ4v) is 1.55. The van der Waals surface area contributed by atoms with Gasteiger partial charge < -0.3 is 9.47 Å². The first-order chi connectivity index (χ1) is 6.12. The van der Waals surface area contributed by atoms with Crippen LogP contribution in [0.5, 0.6) is 0 Å². The van der Waals surface area contributed by atoms with Crippen LogP contribution in [-0.2, 0) is 19.1 Å². The Hall–Kier alpha value is -1.06. The van der Waals surface area contributed by atoms with Crippen molar-refractivity contribution in [3.05, 3.63) is 0 Å². The lowest BCUT2D eigenvalue weighted by Crippen LogP contribution is -2.42.